The summed E-state index contributed by atoms with van der Waals surface area (Å²) < 4.78 is 28.6. The predicted molar refractivity (Wildman–Crippen MR) is 118 cm³/mol. The molecular formula is C23H20F2N4OS. The van der Waals surface area contributed by atoms with Gasteiger partial charge in [0.25, 0.3) is 0 Å². The number of carbonyl (C=O) groups excluding carboxylic acids is 1. The Morgan fingerprint density at radius 1 is 1.10 bits per heavy atom. The van der Waals surface area contributed by atoms with Crippen LogP contribution in [0, 0.1) is 11.6 Å². The Morgan fingerprint density at radius 3 is 2.65 bits per heavy atom. The van der Waals surface area contributed by atoms with E-state index in [0.717, 1.165) is 5.56 Å². The van der Waals surface area contributed by atoms with Gasteiger partial charge >= 0.3 is 0 Å². The number of benzene rings is 2. The number of fused-ring (bicyclic) bond motifs is 1. The number of halogens is 2. The van der Waals surface area contributed by atoms with Crippen LogP contribution < -0.4 is 5.32 Å². The van der Waals surface area contributed by atoms with Gasteiger partial charge in [-0.3, -0.25) is 9.36 Å². The van der Waals surface area contributed by atoms with Gasteiger partial charge in [0.15, 0.2) is 10.8 Å². The molecule has 0 bridgehead atoms. The fourth-order valence-corrected chi connectivity index (χ4v) is 4.30. The normalized spacial score (nSPS) is 12.1. The highest BCUT2D eigenvalue weighted by molar-refractivity contribution is 7.98. The number of anilines is 1. The number of rotatable bonds is 7. The number of nitrogens with zero attached hydrogens (tertiary/aromatic N) is 3. The molecular weight excluding hydrogens is 418 g/mol. The average molecular weight is 439 g/mol. The molecule has 5 nitrogen and oxygen atoms in total. The molecule has 2 heterocycles. The number of amides is 1. The van der Waals surface area contributed by atoms with Crippen molar-refractivity contribution in [1.29, 1.82) is 0 Å². The summed E-state index contributed by atoms with van der Waals surface area (Å²) in [7, 11) is 0. The van der Waals surface area contributed by atoms with Crippen molar-refractivity contribution in [3.8, 4) is 0 Å². The van der Waals surface area contributed by atoms with E-state index in [-0.39, 0.29) is 17.5 Å². The first-order chi connectivity index (χ1) is 15.0. The lowest BCUT2D eigenvalue weighted by Crippen LogP contribution is -2.26. The van der Waals surface area contributed by atoms with Crippen LogP contribution in [-0.2, 0) is 10.5 Å². The maximum Gasteiger partial charge on any atom is 0.247 e. The van der Waals surface area contributed by atoms with E-state index in [1.807, 2.05) is 23.6 Å². The van der Waals surface area contributed by atoms with Crippen LogP contribution in [0.2, 0.25) is 0 Å². The first kappa shape index (κ1) is 21.0. The average Bonchev–Trinajstić information content (AvgIpc) is 3.13. The molecule has 4 rings (SSSR count). The molecule has 0 aliphatic heterocycles. The number of hydrogen-bond donors (Lipinski definition) is 1. The van der Waals surface area contributed by atoms with Gasteiger partial charge < -0.3 is 5.32 Å². The predicted octanol–water partition coefficient (Wildman–Crippen LogP) is 5.59. The van der Waals surface area contributed by atoms with E-state index in [2.05, 4.69) is 15.3 Å². The van der Waals surface area contributed by atoms with E-state index in [4.69, 9.17) is 0 Å². The van der Waals surface area contributed by atoms with Crippen molar-refractivity contribution >= 4 is 34.5 Å². The van der Waals surface area contributed by atoms with Gasteiger partial charge in [-0.15, -0.1) is 0 Å². The molecule has 0 saturated heterocycles. The molecule has 31 heavy (non-hydrogen) atoms. The Labute approximate surface area is 182 Å². The molecule has 1 atom stereocenters. The Kier molecular flexibility index (Phi) is 6.27. The van der Waals surface area contributed by atoms with E-state index in [1.165, 1.54) is 48.2 Å². The van der Waals surface area contributed by atoms with Crippen LogP contribution in [0.4, 0.5) is 14.5 Å². The quantitative estimate of drug-likeness (QED) is 0.382. The van der Waals surface area contributed by atoms with Gasteiger partial charge in [0, 0.05) is 17.6 Å². The highest BCUT2D eigenvalue weighted by Gasteiger charge is 2.25. The molecule has 1 amide bonds. The minimum absolute atomic E-state index is 0.244. The van der Waals surface area contributed by atoms with Gasteiger partial charge in [-0.05, 0) is 60.5 Å². The van der Waals surface area contributed by atoms with Crippen molar-refractivity contribution < 1.29 is 13.6 Å². The Morgan fingerprint density at radius 2 is 1.90 bits per heavy atom. The van der Waals surface area contributed by atoms with Crippen molar-refractivity contribution in [3.05, 3.63) is 84.1 Å². The molecule has 4 aromatic rings. The minimum atomic E-state index is -0.569. The lowest BCUT2D eigenvalue weighted by atomic mass is 10.2. The Bertz CT molecular complexity index is 1210. The van der Waals surface area contributed by atoms with Crippen LogP contribution in [0.15, 0.2) is 72.0 Å². The fourth-order valence-electron chi connectivity index (χ4n) is 3.31. The van der Waals surface area contributed by atoms with Crippen LogP contribution in [0.3, 0.4) is 0 Å². The van der Waals surface area contributed by atoms with Crippen molar-refractivity contribution in [2.24, 2.45) is 0 Å². The lowest BCUT2D eigenvalue weighted by Gasteiger charge is -2.19. The number of imidazole rings is 1. The molecule has 0 spiro atoms. The first-order valence-electron chi connectivity index (χ1n) is 9.81. The van der Waals surface area contributed by atoms with Crippen molar-refractivity contribution in [3.63, 3.8) is 0 Å². The van der Waals surface area contributed by atoms with E-state index < -0.39 is 6.04 Å². The first-order valence-corrected chi connectivity index (χ1v) is 10.8. The zero-order valence-corrected chi connectivity index (χ0v) is 17.6. The molecule has 8 heteroatoms. The van der Waals surface area contributed by atoms with Crippen LogP contribution in [0.1, 0.15) is 24.9 Å². The van der Waals surface area contributed by atoms with Gasteiger partial charge in [-0.25, -0.2) is 18.7 Å². The second-order valence-electron chi connectivity index (χ2n) is 6.95. The molecule has 0 saturated carbocycles. The molecule has 2 aromatic carbocycles. The number of aromatic nitrogens is 3. The summed E-state index contributed by atoms with van der Waals surface area (Å²) in [5.41, 5.74) is 2.61. The molecule has 1 N–H and O–H groups in total. The van der Waals surface area contributed by atoms with E-state index in [9.17, 15) is 13.6 Å². The maximum atomic E-state index is 13.5. The fraction of sp³-hybridized carbons (Fsp3) is 0.174. The van der Waals surface area contributed by atoms with Gasteiger partial charge in [0.1, 0.15) is 23.2 Å². The number of thioether (sulfide) groups is 1. The molecule has 0 radical (unpaired) electrons. The zero-order chi connectivity index (χ0) is 21.8. The summed E-state index contributed by atoms with van der Waals surface area (Å²) in [6.07, 6.45) is 2.16. The number of pyridine rings is 1. The topological polar surface area (TPSA) is 59.8 Å². The standard InChI is InChI=1S/C23H20F2N4OS/c1-2-20(22(30)27-18-10-8-16(24)9-11-18)29-21-19(7-4-12-26-21)28-23(29)31-14-15-5-3-6-17(25)13-15/h3-13,20H,2,14H2,1H3,(H,27,30)/t20-/m1/s1. The molecule has 0 unspecified atom stereocenters. The lowest BCUT2D eigenvalue weighted by molar-refractivity contribution is -0.119. The largest absolute Gasteiger partial charge is 0.324 e. The van der Waals surface area contributed by atoms with E-state index >= 15 is 0 Å². The smallest absolute Gasteiger partial charge is 0.247 e. The maximum absolute atomic E-state index is 13.5. The van der Waals surface area contributed by atoms with Gasteiger partial charge in [0.05, 0.1) is 0 Å². The number of carbonyl (C=O) groups is 1. The number of nitrogens with one attached hydrogen (secondary N) is 1. The van der Waals surface area contributed by atoms with Crippen molar-refractivity contribution in [1.82, 2.24) is 14.5 Å². The molecule has 0 fully saturated rings. The Hall–Kier alpha value is -3.26. The van der Waals surface area contributed by atoms with Crippen LogP contribution in [0.25, 0.3) is 11.2 Å². The van der Waals surface area contributed by atoms with Gasteiger partial charge in [-0.2, -0.15) is 0 Å². The third-order valence-electron chi connectivity index (χ3n) is 4.79. The summed E-state index contributed by atoms with van der Waals surface area (Å²) in [5.74, 6) is -0.409. The van der Waals surface area contributed by atoms with Crippen LogP contribution in [0.5, 0.6) is 0 Å². The molecule has 158 valence electrons. The third kappa shape index (κ3) is 4.74. The summed E-state index contributed by atoms with van der Waals surface area (Å²) in [6, 6.07) is 15.1. The SMILES string of the molecule is CC[C@H](C(=O)Nc1ccc(F)cc1)n1c(SCc2cccc(F)c2)nc2cccnc21. The Balaban J connectivity index is 1.65. The van der Waals surface area contributed by atoms with Gasteiger partial charge in [0.2, 0.25) is 5.91 Å². The summed E-state index contributed by atoms with van der Waals surface area (Å²) in [5, 5.41) is 3.46. The zero-order valence-electron chi connectivity index (χ0n) is 16.8. The highest BCUT2D eigenvalue weighted by atomic mass is 32.2. The molecule has 0 aliphatic rings. The van der Waals surface area contributed by atoms with Gasteiger partial charge in [-0.1, -0.05) is 30.8 Å². The van der Waals surface area contributed by atoms with E-state index in [0.29, 0.717) is 34.2 Å². The second-order valence-corrected chi connectivity index (χ2v) is 7.89. The highest BCUT2D eigenvalue weighted by Crippen LogP contribution is 2.31. The monoisotopic (exact) mass is 438 g/mol. The number of hydrogen-bond acceptors (Lipinski definition) is 4. The minimum Gasteiger partial charge on any atom is -0.324 e. The van der Waals surface area contributed by atoms with Crippen molar-refractivity contribution in [2.75, 3.05) is 5.32 Å². The van der Waals surface area contributed by atoms with Crippen molar-refractivity contribution in [2.45, 2.75) is 30.3 Å². The summed E-state index contributed by atoms with van der Waals surface area (Å²) in [6.45, 7) is 1.91. The van der Waals surface area contributed by atoms with Crippen LogP contribution >= 0.6 is 11.8 Å². The van der Waals surface area contributed by atoms with Crippen LogP contribution in [-0.4, -0.2) is 20.4 Å². The molecule has 0 aliphatic carbocycles. The summed E-state index contributed by atoms with van der Waals surface area (Å²) in [4.78, 5) is 22.2. The second kappa shape index (κ2) is 9.26. The van der Waals surface area contributed by atoms with E-state index in [1.54, 1.807) is 18.3 Å². The summed E-state index contributed by atoms with van der Waals surface area (Å²) >= 11 is 1.42. The third-order valence-corrected chi connectivity index (χ3v) is 5.81. The molecule has 2 aromatic heterocycles.